The largest absolute Gasteiger partial charge is 0.425 e. The number of aromatic nitrogens is 3. The zero-order valence-corrected chi connectivity index (χ0v) is 16.6. The molecule has 30 heavy (non-hydrogen) atoms. The zero-order valence-electron chi connectivity index (χ0n) is 15.8. The van der Waals surface area contributed by atoms with E-state index in [2.05, 4.69) is 20.3 Å². The number of thiophene rings is 1. The number of anilines is 1. The average Bonchev–Trinajstić information content (AvgIpc) is 3.36. The molecule has 0 aliphatic carbocycles. The lowest BCUT2D eigenvalue weighted by molar-refractivity contribution is -0.134. The molecule has 1 amide bonds. The van der Waals surface area contributed by atoms with Gasteiger partial charge in [0.1, 0.15) is 10.7 Å². The smallest absolute Gasteiger partial charge is 0.348 e. The predicted octanol–water partition coefficient (Wildman–Crippen LogP) is 4.65. The number of nitrogens with zero attached hydrogens (tertiary/aromatic N) is 4. The van der Waals surface area contributed by atoms with Crippen LogP contribution in [0.5, 0.6) is 0 Å². The maximum atomic E-state index is 13.5. The first-order valence-corrected chi connectivity index (χ1v) is 10.1. The molecule has 0 bridgehead atoms. The number of fused-ring (bicyclic) bond motifs is 1. The fourth-order valence-corrected chi connectivity index (χ4v) is 4.24. The number of nitrogens with one attached hydrogen (secondary N) is 1. The van der Waals surface area contributed by atoms with Crippen molar-refractivity contribution in [3.8, 4) is 0 Å². The summed E-state index contributed by atoms with van der Waals surface area (Å²) in [5.74, 6) is -0.943. The Labute approximate surface area is 173 Å². The van der Waals surface area contributed by atoms with Gasteiger partial charge in [-0.1, -0.05) is 0 Å². The zero-order chi connectivity index (χ0) is 21.5. The molecule has 1 saturated heterocycles. The molecule has 1 fully saturated rings. The van der Waals surface area contributed by atoms with Crippen molar-refractivity contribution in [1.82, 2.24) is 19.9 Å². The molecule has 1 atom stereocenters. The summed E-state index contributed by atoms with van der Waals surface area (Å²) in [6.07, 6.45) is -0.342. The Morgan fingerprint density at radius 3 is 2.60 bits per heavy atom. The van der Waals surface area contributed by atoms with Crippen LogP contribution < -0.4 is 5.32 Å². The summed E-state index contributed by atoms with van der Waals surface area (Å²) in [5.41, 5.74) is 0.485. The van der Waals surface area contributed by atoms with Crippen molar-refractivity contribution < 1.29 is 22.4 Å². The highest BCUT2D eigenvalue weighted by atomic mass is 32.1. The first-order valence-electron chi connectivity index (χ1n) is 9.27. The summed E-state index contributed by atoms with van der Waals surface area (Å²) in [6, 6.07) is 1.72. The summed E-state index contributed by atoms with van der Waals surface area (Å²) in [6.45, 7) is 2.78. The number of amides is 1. The number of hydrogen-bond acceptors (Lipinski definition) is 6. The van der Waals surface area contributed by atoms with Crippen LogP contribution in [0.1, 0.15) is 46.7 Å². The van der Waals surface area contributed by atoms with Crippen LogP contribution in [0.15, 0.2) is 24.5 Å². The minimum atomic E-state index is -4.55. The van der Waals surface area contributed by atoms with E-state index in [0.29, 0.717) is 30.0 Å². The van der Waals surface area contributed by atoms with E-state index in [9.17, 15) is 22.4 Å². The Morgan fingerprint density at radius 2 is 1.93 bits per heavy atom. The summed E-state index contributed by atoms with van der Waals surface area (Å²) in [4.78, 5) is 25.9. The Bertz CT molecular complexity index is 1090. The van der Waals surface area contributed by atoms with E-state index in [4.69, 9.17) is 0 Å². The standard InChI is InChI=1S/C19H17F4N5OS/c1-10(11-6-12(20)9-24-8-11)25-18-26-13-7-14(19(21,22)23)30-16(13)15(27-18)17(29)28-4-2-3-5-28/h6-10H,2-5H2,1H3,(H,25,26,27)/t10-/m0/s1. The molecule has 0 saturated carbocycles. The van der Waals surface area contributed by atoms with Crippen molar-refractivity contribution in [3.63, 3.8) is 0 Å². The highest BCUT2D eigenvalue weighted by Crippen LogP contribution is 2.39. The van der Waals surface area contributed by atoms with Gasteiger partial charge in [-0.3, -0.25) is 9.78 Å². The van der Waals surface area contributed by atoms with Gasteiger partial charge in [-0.15, -0.1) is 11.3 Å². The molecule has 0 radical (unpaired) electrons. The van der Waals surface area contributed by atoms with Crippen molar-refractivity contribution in [2.24, 2.45) is 0 Å². The number of likely N-dealkylation sites (tertiary alicyclic amines) is 1. The number of carbonyl (C=O) groups is 1. The van der Waals surface area contributed by atoms with Crippen molar-refractivity contribution >= 4 is 33.4 Å². The molecular weight excluding hydrogens is 422 g/mol. The minimum Gasteiger partial charge on any atom is -0.348 e. The number of alkyl halides is 3. The number of hydrogen-bond donors (Lipinski definition) is 1. The predicted molar refractivity (Wildman–Crippen MR) is 104 cm³/mol. The molecule has 3 aromatic heterocycles. The maximum Gasteiger partial charge on any atom is 0.425 e. The van der Waals surface area contributed by atoms with Gasteiger partial charge in [-0.05, 0) is 37.5 Å². The Hall–Kier alpha value is -2.82. The lowest BCUT2D eigenvalue weighted by atomic mass is 10.1. The van der Waals surface area contributed by atoms with E-state index in [0.717, 1.165) is 25.1 Å². The van der Waals surface area contributed by atoms with Crippen LogP contribution in [0.3, 0.4) is 0 Å². The highest BCUT2D eigenvalue weighted by molar-refractivity contribution is 7.19. The molecule has 4 heterocycles. The number of halogens is 4. The Morgan fingerprint density at radius 1 is 1.20 bits per heavy atom. The number of rotatable bonds is 4. The summed E-state index contributed by atoms with van der Waals surface area (Å²) in [5, 5.41) is 2.94. The second-order valence-electron chi connectivity index (χ2n) is 7.02. The van der Waals surface area contributed by atoms with Crippen LogP contribution in [-0.4, -0.2) is 38.8 Å². The normalized spacial score (nSPS) is 15.6. The van der Waals surface area contributed by atoms with Gasteiger partial charge in [0, 0.05) is 19.3 Å². The first kappa shape index (κ1) is 20.5. The van der Waals surface area contributed by atoms with Gasteiger partial charge in [0.15, 0.2) is 5.69 Å². The van der Waals surface area contributed by atoms with Gasteiger partial charge in [-0.25, -0.2) is 14.4 Å². The van der Waals surface area contributed by atoms with Crippen molar-refractivity contribution in [2.45, 2.75) is 32.0 Å². The molecular formula is C19H17F4N5OS. The number of carbonyl (C=O) groups excluding carboxylic acids is 1. The van der Waals surface area contributed by atoms with E-state index >= 15 is 0 Å². The van der Waals surface area contributed by atoms with Gasteiger partial charge >= 0.3 is 6.18 Å². The lowest BCUT2D eigenvalue weighted by Crippen LogP contribution is -2.28. The topological polar surface area (TPSA) is 71.0 Å². The quantitative estimate of drug-likeness (QED) is 0.599. The molecule has 4 rings (SSSR count). The van der Waals surface area contributed by atoms with Crippen LogP contribution in [0.4, 0.5) is 23.5 Å². The van der Waals surface area contributed by atoms with Crippen molar-refractivity contribution in [3.05, 3.63) is 46.5 Å². The van der Waals surface area contributed by atoms with Crippen LogP contribution in [0.2, 0.25) is 0 Å². The minimum absolute atomic E-state index is 0.00617. The monoisotopic (exact) mass is 439 g/mol. The molecule has 6 nitrogen and oxygen atoms in total. The highest BCUT2D eigenvalue weighted by Gasteiger charge is 2.35. The summed E-state index contributed by atoms with van der Waals surface area (Å²) in [7, 11) is 0. The Balaban J connectivity index is 1.75. The van der Waals surface area contributed by atoms with E-state index in [1.807, 2.05) is 0 Å². The van der Waals surface area contributed by atoms with Gasteiger partial charge in [0.05, 0.1) is 22.5 Å². The summed E-state index contributed by atoms with van der Waals surface area (Å²) >= 11 is 0.459. The molecule has 0 unspecified atom stereocenters. The van der Waals surface area contributed by atoms with Gasteiger partial charge in [0.2, 0.25) is 5.95 Å². The molecule has 0 spiro atoms. The van der Waals surface area contributed by atoms with Gasteiger partial charge < -0.3 is 10.2 Å². The van der Waals surface area contributed by atoms with Crippen molar-refractivity contribution in [2.75, 3.05) is 18.4 Å². The van der Waals surface area contributed by atoms with Crippen LogP contribution >= 0.6 is 11.3 Å². The van der Waals surface area contributed by atoms with E-state index in [1.165, 1.54) is 12.3 Å². The molecule has 0 aromatic carbocycles. The molecule has 11 heteroatoms. The fraction of sp³-hybridized carbons (Fsp3) is 0.368. The maximum absolute atomic E-state index is 13.5. The third-order valence-corrected chi connectivity index (χ3v) is 5.99. The SMILES string of the molecule is C[C@H](Nc1nc(C(=O)N2CCCC2)c2sc(C(F)(F)F)cc2n1)c1cncc(F)c1. The lowest BCUT2D eigenvalue weighted by Gasteiger charge is -2.17. The third kappa shape index (κ3) is 4.07. The van der Waals surface area contributed by atoms with Crippen LogP contribution in [0.25, 0.3) is 10.2 Å². The fourth-order valence-electron chi connectivity index (χ4n) is 3.29. The molecule has 1 N–H and O–H groups in total. The van der Waals surface area contributed by atoms with Crippen molar-refractivity contribution in [1.29, 1.82) is 0 Å². The average molecular weight is 439 g/mol. The molecule has 1 aliphatic heterocycles. The molecule has 3 aromatic rings. The van der Waals surface area contributed by atoms with Gasteiger partial charge in [0.25, 0.3) is 5.91 Å². The third-order valence-electron chi connectivity index (χ3n) is 4.82. The molecule has 158 valence electrons. The van der Waals surface area contributed by atoms with Crippen LogP contribution in [-0.2, 0) is 6.18 Å². The van der Waals surface area contributed by atoms with Gasteiger partial charge in [-0.2, -0.15) is 13.2 Å². The molecule has 1 aliphatic rings. The second-order valence-corrected chi connectivity index (χ2v) is 8.07. The Kier molecular flexibility index (Phi) is 5.31. The van der Waals surface area contributed by atoms with E-state index in [1.54, 1.807) is 11.8 Å². The van der Waals surface area contributed by atoms with E-state index < -0.39 is 28.8 Å². The number of pyridine rings is 1. The van der Waals surface area contributed by atoms with E-state index in [-0.39, 0.29) is 21.9 Å². The van der Waals surface area contributed by atoms with Crippen LogP contribution in [0, 0.1) is 5.82 Å². The summed E-state index contributed by atoms with van der Waals surface area (Å²) < 4.78 is 53.3. The first-order chi connectivity index (χ1) is 14.2. The second kappa shape index (κ2) is 7.78.